The molecule has 3 nitrogen and oxygen atoms in total. The number of rotatable bonds is 3. The Balaban J connectivity index is 2.07. The number of nitrogens with zero attached hydrogens (tertiary/aromatic N) is 1. The van der Waals surface area contributed by atoms with E-state index in [1.54, 1.807) is 6.20 Å². The summed E-state index contributed by atoms with van der Waals surface area (Å²) in [6.07, 6.45) is 3.64. The Labute approximate surface area is 135 Å². The van der Waals surface area contributed by atoms with Crippen LogP contribution in [-0.2, 0) is 4.79 Å². The van der Waals surface area contributed by atoms with Gasteiger partial charge in [0.15, 0.2) is 0 Å². The zero-order chi connectivity index (χ0) is 16.4. The Morgan fingerprint density at radius 3 is 2.70 bits per heavy atom. The number of pyridine rings is 1. The summed E-state index contributed by atoms with van der Waals surface area (Å²) < 4.78 is 0. The molecule has 0 aliphatic heterocycles. The van der Waals surface area contributed by atoms with Crippen LogP contribution >= 0.6 is 0 Å². The van der Waals surface area contributed by atoms with Gasteiger partial charge in [0.2, 0.25) is 5.91 Å². The maximum Gasteiger partial charge on any atom is 0.222 e. The molecule has 0 radical (unpaired) electrons. The average Bonchev–Trinajstić information content (AvgIpc) is 2.54. The van der Waals surface area contributed by atoms with Crippen LogP contribution in [-0.4, -0.2) is 10.9 Å². The van der Waals surface area contributed by atoms with Gasteiger partial charge in [-0.1, -0.05) is 36.9 Å². The Morgan fingerprint density at radius 2 is 1.96 bits per heavy atom. The van der Waals surface area contributed by atoms with Gasteiger partial charge in [0, 0.05) is 18.5 Å². The number of anilines is 1. The maximum absolute atomic E-state index is 11.1. The topological polar surface area (TPSA) is 42.0 Å². The number of carbonyl (C=O) groups excluding carboxylic acids is 1. The van der Waals surface area contributed by atoms with E-state index in [1.165, 1.54) is 18.1 Å². The van der Waals surface area contributed by atoms with Crippen molar-refractivity contribution in [1.29, 1.82) is 0 Å². The van der Waals surface area contributed by atoms with Crippen LogP contribution in [0.1, 0.15) is 18.1 Å². The number of hydrogen-bond donors (Lipinski definition) is 1. The van der Waals surface area contributed by atoms with Crippen LogP contribution < -0.4 is 5.32 Å². The van der Waals surface area contributed by atoms with Crippen LogP contribution in [0.15, 0.2) is 55.2 Å². The van der Waals surface area contributed by atoms with Crippen molar-refractivity contribution in [3.8, 4) is 11.1 Å². The fourth-order valence-corrected chi connectivity index (χ4v) is 2.64. The standard InChI is InChI=1S/C20H18N2O/c1-4-15-6-5-13(2)19(9-15)17-8-7-16-11-20(22-14(3)23)21-12-18(16)10-17/h4-12H,1H2,2-3H3,(H,21,22,23). The van der Waals surface area contributed by atoms with E-state index in [0.29, 0.717) is 5.82 Å². The Kier molecular flexibility index (Phi) is 3.94. The minimum atomic E-state index is -0.120. The minimum absolute atomic E-state index is 0.120. The second kappa shape index (κ2) is 6.05. The van der Waals surface area contributed by atoms with Gasteiger partial charge in [0.1, 0.15) is 5.82 Å². The van der Waals surface area contributed by atoms with Gasteiger partial charge in [-0.15, -0.1) is 0 Å². The number of aromatic nitrogens is 1. The van der Waals surface area contributed by atoms with Gasteiger partial charge in [-0.2, -0.15) is 0 Å². The third-order valence-corrected chi connectivity index (χ3v) is 3.83. The van der Waals surface area contributed by atoms with Crippen LogP contribution in [0.3, 0.4) is 0 Å². The van der Waals surface area contributed by atoms with Crippen LogP contribution in [0, 0.1) is 6.92 Å². The van der Waals surface area contributed by atoms with E-state index in [4.69, 9.17) is 0 Å². The highest BCUT2D eigenvalue weighted by Crippen LogP contribution is 2.28. The molecule has 0 saturated heterocycles. The molecule has 3 rings (SSSR count). The largest absolute Gasteiger partial charge is 0.311 e. The monoisotopic (exact) mass is 302 g/mol. The lowest BCUT2D eigenvalue weighted by atomic mass is 9.96. The lowest BCUT2D eigenvalue weighted by Crippen LogP contribution is -2.06. The van der Waals surface area contributed by atoms with Crippen molar-refractivity contribution < 1.29 is 4.79 Å². The van der Waals surface area contributed by atoms with Crippen LogP contribution in [0.25, 0.3) is 28.0 Å². The smallest absolute Gasteiger partial charge is 0.222 e. The summed E-state index contributed by atoms with van der Waals surface area (Å²) >= 11 is 0. The number of benzene rings is 2. The molecule has 0 fully saturated rings. The number of nitrogens with one attached hydrogen (secondary N) is 1. The molecule has 1 N–H and O–H groups in total. The van der Waals surface area contributed by atoms with Crippen molar-refractivity contribution in [3.05, 3.63) is 66.4 Å². The Bertz CT molecular complexity index is 913. The number of fused-ring (bicyclic) bond motifs is 1. The van der Waals surface area contributed by atoms with E-state index in [0.717, 1.165) is 21.9 Å². The van der Waals surface area contributed by atoms with Gasteiger partial charge in [-0.3, -0.25) is 4.79 Å². The SMILES string of the molecule is C=Cc1ccc(C)c(-c2ccc3cc(NC(C)=O)ncc3c2)c1. The predicted molar refractivity (Wildman–Crippen MR) is 96.3 cm³/mol. The highest BCUT2D eigenvalue weighted by molar-refractivity contribution is 5.93. The summed E-state index contributed by atoms with van der Waals surface area (Å²) in [4.78, 5) is 15.4. The molecule has 0 bridgehead atoms. The quantitative estimate of drug-likeness (QED) is 0.754. The van der Waals surface area contributed by atoms with E-state index < -0.39 is 0 Å². The minimum Gasteiger partial charge on any atom is -0.311 e. The third-order valence-electron chi connectivity index (χ3n) is 3.83. The first kappa shape index (κ1) is 15.0. The van der Waals surface area contributed by atoms with Crippen LogP contribution in [0.4, 0.5) is 5.82 Å². The average molecular weight is 302 g/mol. The molecule has 0 aliphatic carbocycles. The zero-order valence-electron chi connectivity index (χ0n) is 13.3. The van der Waals surface area contributed by atoms with Gasteiger partial charge in [-0.05, 0) is 52.8 Å². The third kappa shape index (κ3) is 3.14. The van der Waals surface area contributed by atoms with Crippen LogP contribution in [0.5, 0.6) is 0 Å². The maximum atomic E-state index is 11.1. The van der Waals surface area contributed by atoms with Crippen molar-refractivity contribution in [2.45, 2.75) is 13.8 Å². The molecule has 1 amide bonds. The highest BCUT2D eigenvalue weighted by Gasteiger charge is 2.05. The van der Waals surface area contributed by atoms with Gasteiger partial charge in [0.25, 0.3) is 0 Å². The molecule has 0 atom stereocenters. The summed E-state index contributed by atoms with van der Waals surface area (Å²) in [7, 11) is 0. The molecule has 114 valence electrons. The molecular weight excluding hydrogens is 284 g/mol. The van der Waals surface area contributed by atoms with E-state index in [9.17, 15) is 4.79 Å². The second-order valence-electron chi connectivity index (χ2n) is 5.59. The van der Waals surface area contributed by atoms with Crippen molar-refractivity contribution in [1.82, 2.24) is 4.98 Å². The summed E-state index contributed by atoms with van der Waals surface area (Å²) in [6.45, 7) is 7.41. The van der Waals surface area contributed by atoms with Gasteiger partial charge < -0.3 is 5.32 Å². The van der Waals surface area contributed by atoms with Crippen molar-refractivity contribution in [3.63, 3.8) is 0 Å². The molecule has 3 aromatic rings. The molecule has 0 saturated carbocycles. The molecule has 23 heavy (non-hydrogen) atoms. The first-order valence-electron chi connectivity index (χ1n) is 7.47. The molecular formula is C20H18N2O. The number of amides is 1. The lowest BCUT2D eigenvalue weighted by Gasteiger charge is -2.09. The Morgan fingerprint density at radius 1 is 1.13 bits per heavy atom. The first-order chi connectivity index (χ1) is 11.1. The van der Waals surface area contributed by atoms with Crippen LogP contribution in [0.2, 0.25) is 0 Å². The summed E-state index contributed by atoms with van der Waals surface area (Å²) in [5, 5.41) is 4.79. The molecule has 1 heterocycles. The van der Waals surface area contributed by atoms with Gasteiger partial charge >= 0.3 is 0 Å². The van der Waals surface area contributed by atoms with E-state index >= 15 is 0 Å². The van der Waals surface area contributed by atoms with Crippen molar-refractivity contribution >= 4 is 28.6 Å². The Hall–Kier alpha value is -2.94. The molecule has 2 aromatic carbocycles. The number of aryl methyl sites for hydroxylation is 1. The van der Waals surface area contributed by atoms with Gasteiger partial charge in [0.05, 0.1) is 0 Å². The van der Waals surface area contributed by atoms with Crippen molar-refractivity contribution in [2.24, 2.45) is 0 Å². The molecule has 3 heteroatoms. The fourth-order valence-electron chi connectivity index (χ4n) is 2.64. The summed E-state index contributed by atoms with van der Waals surface area (Å²) in [5.74, 6) is 0.452. The highest BCUT2D eigenvalue weighted by atomic mass is 16.1. The fraction of sp³-hybridized carbons (Fsp3) is 0.100. The first-order valence-corrected chi connectivity index (χ1v) is 7.47. The normalized spacial score (nSPS) is 10.5. The number of carbonyl (C=O) groups is 1. The second-order valence-corrected chi connectivity index (χ2v) is 5.59. The van der Waals surface area contributed by atoms with E-state index in [2.05, 4.69) is 60.2 Å². The molecule has 0 unspecified atom stereocenters. The molecule has 1 aromatic heterocycles. The molecule has 0 aliphatic rings. The van der Waals surface area contributed by atoms with Gasteiger partial charge in [-0.25, -0.2) is 4.98 Å². The summed E-state index contributed by atoms with van der Waals surface area (Å²) in [5.41, 5.74) is 4.66. The van der Waals surface area contributed by atoms with E-state index in [1.807, 2.05) is 12.1 Å². The van der Waals surface area contributed by atoms with E-state index in [-0.39, 0.29) is 5.91 Å². The number of hydrogen-bond acceptors (Lipinski definition) is 2. The predicted octanol–water partition coefficient (Wildman–Crippen LogP) is 4.81. The van der Waals surface area contributed by atoms with Crippen molar-refractivity contribution in [2.75, 3.05) is 5.32 Å². The summed E-state index contributed by atoms with van der Waals surface area (Å²) in [6, 6.07) is 14.5. The lowest BCUT2D eigenvalue weighted by molar-refractivity contribution is -0.114. The zero-order valence-corrected chi connectivity index (χ0v) is 13.3. The molecule has 0 spiro atoms.